The second-order valence-electron chi connectivity index (χ2n) is 3.15. The number of carbonyl (C=O) groups excluding carboxylic acids is 1. The van der Waals surface area contributed by atoms with Crippen LogP contribution in [0.15, 0.2) is 18.2 Å². The van der Waals surface area contributed by atoms with Crippen LogP contribution in [0.4, 0.5) is 11.4 Å². The lowest BCUT2D eigenvalue weighted by Gasteiger charge is -2.06. The molecule has 1 aliphatic rings. The number of hydrogen-bond donors (Lipinski definition) is 4. The highest BCUT2D eigenvalue weighted by molar-refractivity contribution is 5.99. The number of benzene rings is 1. The standard InChI is InChI=1S/C9H12N4O/c10-12-5-11-7-1-2-8-6(3-7)4-9(14)13-8/h1-3,11-12H,4-5,10H2,(H,13,14). The Balaban J connectivity index is 2.16. The Morgan fingerprint density at radius 3 is 3.14 bits per heavy atom. The monoisotopic (exact) mass is 192 g/mol. The molecule has 5 N–H and O–H groups in total. The molecule has 0 spiro atoms. The first-order valence-corrected chi connectivity index (χ1v) is 4.40. The quantitative estimate of drug-likeness (QED) is 0.309. The molecule has 14 heavy (non-hydrogen) atoms. The number of rotatable bonds is 3. The number of anilines is 2. The van der Waals surface area contributed by atoms with Crippen molar-refractivity contribution in [1.82, 2.24) is 5.43 Å². The first-order valence-electron chi connectivity index (χ1n) is 4.40. The van der Waals surface area contributed by atoms with Crippen molar-refractivity contribution in [3.8, 4) is 0 Å². The average Bonchev–Trinajstić information content (AvgIpc) is 2.54. The number of nitrogens with two attached hydrogens (primary N) is 1. The van der Waals surface area contributed by atoms with Gasteiger partial charge in [0.15, 0.2) is 0 Å². The van der Waals surface area contributed by atoms with Crippen LogP contribution in [0.3, 0.4) is 0 Å². The van der Waals surface area contributed by atoms with Crippen LogP contribution in [0.5, 0.6) is 0 Å². The van der Waals surface area contributed by atoms with Crippen LogP contribution in [-0.4, -0.2) is 12.6 Å². The normalized spacial score (nSPS) is 13.6. The Kier molecular flexibility index (Phi) is 2.34. The lowest BCUT2D eigenvalue weighted by atomic mass is 10.1. The zero-order chi connectivity index (χ0) is 9.97. The molecule has 1 aromatic rings. The van der Waals surface area contributed by atoms with Crippen LogP contribution >= 0.6 is 0 Å². The Morgan fingerprint density at radius 1 is 1.50 bits per heavy atom. The zero-order valence-electron chi connectivity index (χ0n) is 7.63. The third kappa shape index (κ3) is 1.68. The summed E-state index contributed by atoms with van der Waals surface area (Å²) in [7, 11) is 0. The number of carbonyl (C=O) groups is 1. The molecule has 1 aromatic carbocycles. The molecule has 0 aromatic heterocycles. The van der Waals surface area contributed by atoms with Gasteiger partial charge in [-0.2, -0.15) is 0 Å². The van der Waals surface area contributed by atoms with Gasteiger partial charge in [0.05, 0.1) is 13.1 Å². The minimum Gasteiger partial charge on any atom is -0.371 e. The van der Waals surface area contributed by atoms with E-state index in [0.717, 1.165) is 16.9 Å². The summed E-state index contributed by atoms with van der Waals surface area (Å²) in [5, 5.41) is 5.84. The van der Waals surface area contributed by atoms with Crippen molar-refractivity contribution >= 4 is 17.3 Å². The van der Waals surface area contributed by atoms with Crippen molar-refractivity contribution < 1.29 is 4.79 Å². The van der Waals surface area contributed by atoms with E-state index in [2.05, 4.69) is 16.1 Å². The molecular weight excluding hydrogens is 180 g/mol. The lowest BCUT2D eigenvalue weighted by molar-refractivity contribution is -0.115. The average molecular weight is 192 g/mol. The topological polar surface area (TPSA) is 79.2 Å². The number of nitrogens with one attached hydrogen (secondary N) is 3. The Morgan fingerprint density at radius 2 is 2.36 bits per heavy atom. The first kappa shape index (κ1) is 8.98. The largest absolute Gasteiger partial charge is 0.371 e. The van der Waals surface area contributed by atoms with Gasteiger partial charge in [0, 0.05) is 11.4 Å². The highest BCUT2D eigenvalue weighted by Crippen LogP contribution is 2.25. The van der Waals surface area contributed by atoms with Crippen molar-refractivity contribution in [2.75, 3.05) is 17.3 Å². The zero-order valence-corrected chi connectivity index (χ0v) is 7.63. The van der Waals surface area contributed by atoms with Gasteiger partial charge < -0.3 is 10.6 Å². The van der Waals surface area contributed by atoms with Crippen LogP contribution in [-0.2, 0) is 11.2 Å². The van der Waals surface area contributed by atoms with Gasteiger partial charge in [0.1, 0.15) is 0 Å². The van der Waals surface area contributed by atoms with Gasteiger partial charge in [-0.05, 0) is 23.8 Å². The third-order valence-electron chi connectivity index (χ3n) is 2.12. The molecule has 0 aliphatic carbocycles. The van der Waals surface area contributed by atoms with Crippen molar-refractivity contribution in [3.63, 3.8) is 0 Å². The van der Waals surface area contributed by atoms with Crippen molar-refractivity contribution in [2.24, 2.45) is 5.84 Å². The van der Waals surface area contributed by atoms with Gasteiger partial charge in [-0.15, -0.1) is 0 Å². The van der Waals surface area contributed by atoms with Gasteiger partial charge in [0.2, 0.25) is 5.91 Å². The van der Waals surface area contributed by atoms with E-state index >= 15 is 0 Å². The van der Waals surface area contributed by atoms with E-state index in [9.17, 15) is 4.79 Å². The highest BCUT2D eigenvalue weighted by Gasteiger charge is 2.16. The predicted octanol–water partition coefficient (Wildman–Crippen LogP) is 0.0139. The highest BCUT2D eigenvalue weighted by atomic mass is 16.1. The molecule has 5 heteroatoms. The fourth-order valence-electron chi connectivity index (χ4n) is 1.49. The first-order chi connectivity index (χ1) is 6.79. The van der Waals surface area contributed by atoms with E-state index in [-0.39, 0.29) is 5.91 Å². The molecule has 0 bridgehead atoms. The number of amides is 1. The smallest absolute Gasteiger partial charge is 0.228 e. The Labute approximate surface area is 81.6 Å². The second kappa shape index (κ2) is 3.65. The number of fused-ring (bicyclic) bond motifs is 1. The van der Waals surface area contributed by atoms with Crippen LogP contribution in [0.2, 0.25) is 0 Å². The van der Waals surface area contributed by atoms with E-state index in [4.69, 9.17) is 5.84 Å². The maximum atomic E-state index is 11.1. The van der Waals surface area contributed by atoms with Gasteiger partial charge in [-0.25, -0.2) is 5.43 Å². The number of hydrazine groups is 1. The van der Waals surface area contributed by atoms with Gasteiger partial charge in [-0.3, -0.25) is 10.6 Å². The van der Waals surface area contributed by atoms with Crippen molar-refractivity contribution in [1.29, 1.82) is 0 Å². The summed E-state index contributed by atoms with van der Waals surface area (Å²) in [6.45, 7) is 0.500. The molecular formula is C9H12N4O. The molecule has 0 fully saturated rings. The molecule has 0 saturated carbocycles. The summed E-state index contributed by atoms with van der Waals surface area (Å²) < 4.78 is 0. The van der Waals surface area contributed by atoms with E-state index in [1.54, 1.807) is 0 Å². The molecule has 0 atom stereocenters. The van der Waals surface area contributed by atoms with E-state index in [0.29, 0.717) is 13.1 Å². The van der Waals surface area contributed by atoms with Gasteiger partial charge in [-0.1, -0.05) is 0 Å². The minimum absolute atomic E-state index is 0.0501. The molecule has 1 amide bonds. The molecule has 74 valence electrons. The fraction of sp³-hybridized carbons (Fsp3) is 0.222. The summed E-state index contributed by atoms with van der Waals surface area (Å²) in [5.74, 6) is 5.18. The van der Waals surface area contributed by atoms with Gasteiger partial charge in [0.25, 0.3) is 0 Å². The molecule has 0 unspecified atom stereocenters. The van der Waals surface area contributed by atoms with Crippen molar-refractivity contribution in [2.45, 2.75) is 6.42 Å². The van der Waals surface area contributed by atoms with Crippen LogP contribution in [0.25, 0.3) is 0 Å². The maximum absolute atomic E-state index is 11.1. The van der Waals surface area contributed by atoms with Crippen LogP contribution < -0.4 is 21.9 Å². The fourth-order valence-corrected chi connectivity index (χ4v) is 1.49. The van der Waals surface area contributed by atoms with E-state index < -0.39 is 0 Å². The SMILES string of the molecule is NNCNc1ccc2c(c1)CC(=O)N2. The summed E-state index contributed by atoms with van der Waals surface area (Å²) in [6, 6.07) is 5.74. The minimum atomic E-state index is 0.0501. The molecule has 5 nitrogen and oxygen atoms in total. The summed E-state index contributed by atoms with van der Waals surface area (Å²) in [5.41, 5.74) is 5.38. The third-order valence-corrected chi connectivity index (χ3v) is 2.12. The summed E-state index contributed by atoms with van der Waals surface area (Å²) >= 11 is 0. The molecule has 1 heterocycles. The van der Waals surface area contributed by atoms with E-state index in [1.807, 2.05) is 18.2 Å². The summed E-state index contributed by atoms with van der Waals surface area (Å²) in [6.07, 6.45) is 0.459. The predicted molar refractivity (Wildman–Crippen MR) is 54.6 cm³/mol. The van der Waals surface area contributed by atoms with E-state index in [1.165, 1.54) is 0 Å². The van der Waals surface area contributed by atoms with Crippen molar-refractivity contribution in [3.05, 3.63) is 23.8 Å². The molecule has 2 rings (SSSR count). The number of hydrogen-bond acceptors (Lipinski definition) is 4. The Hall–Kier alpha value is -1.59. The molecule has 0 saturated heterocycles. The van der Waals surface area contributed by atoms with Crippen LogP contribution in [0, 0.1) is 0 Å². The molecule has 1 aliphatic heterocycles. The molecule has 0 radical (unpaired) electrons. The Bertz CT molecular complexity index is 364. The van der Waals surface area contributed by atoms with Gasteiger partial charge >= 0.3 is 0 Å². The second-order valence-corrected chi connectivity index (χ2v) is 3.15. The maximum Gasteiger partial charge on any atom is 0.228 e. The van der Waals surface area contributed by atoms with Crippen LogP contribution in [0.1, 0.15) is 5.56 Å². The summed E-state index contributed by atoms with van der Waals surface area (Å²) in [4.78, 5) is 11.1. The lowest BCUT2D eigenvalue weighted by Crippen LogP contribution is -2.28.